The van der Waals surface area contributed by atoms with E-state index in [4.69, 9.17) is 5.84 Å². The highest BCUT2D eigenvalue weighted by Gasteiger charge is 2.29. The summed E-state index contributed by atoms with van der Waals surface area (Å²) in [4.78, 5) is 0. The van der Waals surface area contributed by atoms with Crippen LogP contribution < -0.4 is 11.3 Å². The number of halogens is 2. The quantitative estimate of drug-likeness (QED) is 0.656. The predicted octanol–water partition coefficient (Wildman–Crippen LogP) is 3.41. The first-order valence-corrected chi connectivity index (χ1v) is 7.40. The Morgan fingerprint density at radius 3 is 2.35 bits per heavy atom. The van der Waals surface area contributed by atoms with Crippen molar-refractivity contribution in [1.29, 1.82) is 0 Å². The number of hydrogen-bond donors (Lipinski definition) is 2. The van der Waals surface area contributed by atoms with Crippen molar-refractivity contribution >= 4 is 0 Å². The molecule has 0 heterocycles. The van der Waals surface area contributed by atoms with Crippen LogP contribution in [0.3, 0.4) is 0 Å². The summed E-state index contributed by atoms with van der Waals surface area (Å²) in [6.45, 7) is 4.56. The highest BCUT2D eigenvalue weighted by atomic mass is 19.1. The van der Waals surface area contributed by atoms with Gasteiger partial charge in [0.25, 0.3) is 0 Å². The van der Waals surface area contributed by atoms with Crippen molar-refractivity contribution in [2.45, 2.75) is 45.6 Å². The second-order valence-electron chi connectivity index (χ2n) is 6.28. The van der Waals surface area contributed by atoms with Crippen molar-refractivity contribution in [3.63, 3.8) is 0 Å². The molecule has 20 heavy (non-hydrogen) atoms. The van der Waals surface area contributed by atoms with E-state index in [0.29, 0.717) is 23.8 Å². The van der Waals surface area contributed by atoms with Crippen LogP contribution in [0.1, 0.15) is 38.7 Å². The third-order valence-electron chi connectivity index (χ3n) is 4.80. The highest BCUT2D eigenvalue weighted by molar-refractivity contribution is 5.19. The van der Waals surface area contributed by atoms with E-state index in [-0.39, 0.29) is 6.04 Å². The molecule has 1 fully saturated rings. The van der Waals surface area contributed by atoms with E-state index < -0.39 is 11.6 Å². The molecule has 3 N–H and O–H groups in total. The summed E-state index contributed by atoms with van der Waals surface area (Å²) in [5.74, 6) is 6.51. The zero-order valence-corrected chi connectivity index (χ0v) is 12.2. The molecule has 4 atom stereocenters. The molecule has 0 amide bonds. The van der Waals surface area contributed by atoms with Crippen molar-refractivity contribution in [3.05, 3.63) is 35.4 Å². The first-order chi connectivity index (χ1) is 9.49. The molecule has 1 aromatic carbocycles. The average molecular weight is 282 g/mol. The molecule has 2 nitrogen and oxygen atoms in total. The zero-order chi connectivity index (χ0) is 14.7. The first kappa shape index (κ1) is 15.4. The van der Waals surface area contributed by atoms with Crippen LogP contribution >= 0.6 is 0 Å². The van der Waals surface area contributed by atoms with Gasteiger partial charge in [0.2, 0.25) is 0 Å². The predicted molar refractivity (Wildman–Crippen MR) is 76.8 cm³/mol. The van der Waals surface area contributed by atoms with E-state index in [9.17, 15) is 8.78 Å². The van der Waals surface area contributed by atoms with Gasteiger partial charge in [-0.1, -0.05) is 20.3 Å². The van der Waals surface area contributed by atoms with Crippen molar-refractivity contribution in [3.8, 4) is 0 Å². The third-order valence-corrected chi connectivity index (χ3v) is 4.80. The molecule has 0 saturated heterocycles. The lowest BCUT2D eigenvalue weighted by Crippen LogP contribution is -2.44. The van der Waals surface area contributed by atoms with Gasteiger partial charge in [-0.25, -0.2) is 8.78 Å². The Morgan fingerprint density at radius 2 is 1.80 bits per heavy atom. The van der Waals surface area contributed by atoms with Gasteiger partial charge >= 0.3 is 0 Å². The van der Waals surface area contributed by atoms with Crippen molar-refractivity contribution in [1.82, 2.24) is 5.43 Å². The maximum Gasteiger partial charge on any atom is 0.126 e. The molecule has 0 aromatic heterocycles. The van der Waals surface area contributed by atoms with Gasteiger partial charge < -0.3 is 0 Å². The molecule has 1 saturated carbocycles. The Morgan fingerprint density at radius 1 is 1.15 bits per heavy atom. The normalized spacial score (nSPS) is 28.4. The standard InChI is InChI=1S/C16H24F2N2/c1-10-3-4-13(5-11(10)2)16(20-19)8-12-6-14(17)9-15(18)7-12/h6-7,9-11,13,16,20H,3-5,8,19H2,1-2H3. The van der Waals surface area contributed by atoms with Crippen molar-refractivity contribution in [2.75, 3.05) is 0 Å². The molecule has 4 heteroatoms. The minimum absolute atomic E-state index is 0.0751. The fourth-order valence-electron chi connectivity index (χ4n) is 3.30. The molecule has 1 aromatic rings. The minimum Gasteiger partial charge on any atom is -0.271 e. The lowest BCUT2D eigenvalue weighted by Gasteiger charge is -2.36. The van der Waals surface area contributed by atoms with Gasteiger partial charge in [-0.2, -0.15) is 0 Å². The van der Waals surface area contributed by atoms with Crippen LogP contribution in [0.15, 0.2) is 18.2 Å². The Labute approximate surface area is 119 Å². The fourth-order valence-corrected chi connectivity index (χ4v) is 3.30. The lowest BCUT2D eigenvalue weighted by molar-refractivity contribution is 0.170. The maximum atomic E-state index is 13.2. The fraction of sp³-hybridized carbons (Fsp3) is 0.625. The van der Waals surface area contributed by atoms with E-state index >= 15 is 0 Å². The zero-order valence-electron chi connectivity index (χ0n) is 12.2. The molecule has 112 valence electrons. The van der Waals surface area contributed by atoms with Gasteiger partial charge in [0.15, 0.2) is 0 Å². The summed E-state index contributed by atoms with van der Waals surface area (Å²) in [5.41, 5.74) is 3.51. The van der Waals surface area contributed by atoms with Gasteiger partial charge in [-0.3, -0.25) is 11.3 Å². The molecule has 0 aliphatic heterocycles. The Bertz CT molecular complexity index is 430. The molecule has 0 bridgehead atoms. The monoisotopic (exact) mass is 282 g/mol. The molecule has 2 rings (SSSR count). The van der Waals surface area contributed by atoms with Crippen LogP contribution in [0, 0.1) is 29.4 Å². The summed E-state index contributed by atoms with van der Waals surface area (Å²) in [5, 5.41) is 0. The molecule has 1 aliphatic carbocycles. The van der Waals surface area contributed by atoms with Crippen LogP contribution in [0.2, 0.25) is 0 Å². The third kappa shape index (κ3) is 3.76. The smallest absolute Gasteiger partial charge is 0.126 e. The Hall–Kier alpha value is -1.00. The van der Waals surface area contributed by atoms with Crippen LogP contribution in [0.25, 0.3) is 0 Å². The minimum atomic E-state index is -0.526. The average Bonchev–Trinajstić information content (AvgIpc) is 2.38. The Kier molecular flexibility index (Phi) is 5.11. The first-order valence-electron chi connectivity index (χ1n) is 7.40. The maximum absolute atomic E-state index is 13.2. The highest BCUT2D eigenvalue weighted by Crippen LogP contribution is 2.35. The molecular formula is C16H24F2N2. The van der Waals surface area contributed by atoms with Crippen LogP contribution in [-0.4, -0.2) is 6.04 Å². The van der Waals surface area contributed by atoms with Gasteiger partial charge in [0, 0.05) is 12.1 Å². The van der Waals surface area contributed by atoms with E-state index in [1.54, 1.807) is 0 Å². The van der Waals surface area contributed by atoms with Gasteiger partial charge in [0.1, 0.15) is 11.6 Å². The summed E-state index contributed by atoms with van der Waals surface area (Å²) >= 11 is 0. The Balaban J connectivity index is 2.05. The molecule has 0 radical (unpaired) electrons. The van der Waals surface area contributed by atoms with Crippen molar-refractivity contribution < 1.29 is 8.78 Å². The second-order valence-corrected chi connectivity index (χ2v) is 6.28. The number of nitrogens with one attached hydrogen (secondary N) is 1. The molecule has 1 aliphatic rings. The summed E-state index contributed by atoms with van der Waals surface area (Å²) in [6, 6.07) is 3.76. The topological polar surface area (TPSA) is 38.0 Å². The van der Waals surface area contributed by atoms with Crippen LogP contribution in [0.4, 0.5) is 8.78 Å². The summed E-state index contributed by atoms with van der Waals surface area (Å²) < 4.78 is 26.5. The van der Waals surface area contributed by atoms with Crippen LogP contribution in [0.5, 0.6) is 0 Å². The largest absolute Gasteiger partial charge is 0.271 e. The molecule has 4 unspecified atom stereocenters. The van der Waals surface area contributed by atoms with E-state index in [1.807, 2.05) is 0 Å². The van der Waals surface area contributed by atoms with Gasteiger partial charge in [-0.15, -0.1) is 0 Å². The van der Waals surface area contributed by atoms with Crippen LogP contribution in [-0.2, 0) is 6.42 Å². The van der Waals surface area contributed by atoms with E-state index in [1.165, 1.54) is 18.6 Å². The van der Waals surface area contributed by atoms with Gasteiger partial charge in [0.05, 0.1) is 0 Å². The SMILES string of the molecule is CC1CCC(C(Cc2cc(F)cc(F)c2)NN)CC1C. The molecule has 0 spiro atoms. The van der Waals surface area contributed by atoms with E-state index in [0.717, 1.165) is 24.8 Å². The van der Waals surface area contributed by atoms with E-state index in [2.05, 4.69) is 19.3 Å². The summed E-state index contributed by atoms with van der Waals surface area (Å²) in [6.07, 6.45) is 4.00. The van der Waals surface area contributed by atoms with Gasteiger partial charge in [-0.05, 0) is 54.7 Å². The molecular weight excluding hydrogens is 258 g/mol. The lowest BCUT2D eigenvalue weighted by atomic mass is 9.72. The summed E-state index contributed by atoms with van der Waals surface area (Å²) in [7, 11) is 0. The second kappa shape index (κ2) is 6.64. The number of rotatable bonds is 4. The number of hydrogen-bond acceptors (Lipinski definition) is 2. The number of hydrazine groups is 1. The van der Waals surface area contributed by atoms with Crippen molar-refractivity contribution in [2.24, 2.45) is 23.6 Å². The number of nitrogens with two attached hydrogens (primary N) is 1. The number of benzene rings is 1.